The van der Waals surface area contributed by atoms with Gasteiger partial charge in [0, 0.05) is 25.2 Å². The highest BCUT2D eigenvalue weighted by molar-refractivity contribution is 4.98. The van der Waals surface area contributed by atoms with Crippen LogP contribution in [0.5, 0.6) is 0 Å². The molecule has 3 heteroatoms. The second-order valence-electron chi connectivity index (χ2n) is 5.17. The van der Waals surface area contributed by atoms with E-state index in [0.29, 0.717) is 12.0 Å². The highest BCUT2D eigenvalue weighted by atomic mass is 16.5. The van der Waals surface area contributed by atoms with Crippen molar-refractivity contribution in [2.75, 3.05) is 19.7 Å². The van der Waals surface area contributed by atoms with Gasteiger partial charge in [0.2, 0.25) is 0 Å². The van der Waals surface area contributed by atoms with Crippen molar-refractivity contribution >= 4 is 0 Å². The van der Waals surface area contributed by atoms with Crippen LogP contribution in [0.4, 0.5) is 0 Å². The Morgan fingerprint density at radius 2 is 2.27 bits per heavy atom. The van der Waals surface area contributed by atoms with Gasteiger partial charge < -0.3 is 15.8 Å². The Kier molecular flexibility index (Phi) is 3.65. The molecule has 3 unspecified atom stereocenters. The van der Waals surface area contributed by atoms with Crippen LogP contribution in [-0.4, -0.2) is 31.3 Å². The number of nitrogens with one attached hydrogen (secondary N) is 1. The lowest BCUT2D eigenvalue weighted by Gasteiger charge is -2.34. The summed E-state index contributed by atoms with van der Waals surface area (Å²) in [6.07, 6.45) is 6.73. The molecule has 1 saturated carbocycles. The lowest BCUT2D eigenvalue weighted by molar-refractivity contribution is 0.0970. The Morgan fingerprint density at radius 3 is 2.80 bits per heavy atom. The summed E-state index contributed by atoms with van der Waals surface area (Å²) in [5.41, 5.74) is 6.14. The van der Waals surface area contributed by atoms with Gasteiger partial charge in [-0.25, -0.2) is 0 Å². The molecule has 2 aliphatic rings. The van der Waals surface area contributed by atoms with Crippen LogP contribution in [0.15, 0.2) is 0 Å². The molecular weight excluding hydrogens is 188 g/mol. The summed E-state index contributed by atoms with van der Waals surface area (Å²) in [4.78, 5) is 0. The third-order valence-corrected chi connectivity index (χ3v) is 4.27. The van der Waals surface area contributed by atoms with Gasteiger partial charge in [-0.2, -0.15) is 0 Å². The molecule has 0 aromatic rings. The van der Waals surface area contributed by atoms with Crippen LogP contribution < -0.4 is 11.1 Å². The summed E-state index contributed by atoms with van der Waals surface area (Å²) in [5.74, 6) is 0.712. The second kappa shape index (κ2) is 4.81. The normalized spacial score (nSPS) is 41.2. The number of ether oxygens (including phenoxy) is 1. The maximum atomic E-state index is 5.94. The second-order valence-corrected chi connectivity index (χ2v) is 5.17. The van der Waals surface area contributed by atoms with E-state index in [0.717, 1.165) is 19.7 Å². The van der Waals surface area contributed by atoms with Crippen molar-refractivity contribution in [2.45, 2.75) is 50.7 Å². The van der Waals surface area contributed by atoms with Crippen molar-refractivity contribution in [2.24, 2.45) is 11.7 Å². The Morgan fingerprint density at radius 1 is 1.40 bits per heavy atom. The SMILES string of the molecule is CC1CCCC1(CN)NCC1CCCO1. The predicted octanol–water partition coefficient (Wildman–Crippen LogP) is 1.27. The van der Waals surface area contributed by atoms with Gasteiger partial charge in [0.05, 0.1) is 6.10 Å². The van der Waals surface area contributed by atoms with Gasteiger partial charge in [-0.05, 0) is 31.6 Å². The van der Waals surface area contributed by atoms with Gasteiger partial charge >= 0.3 is 0 Å². The van der Waals surface area contributed by atoms with Gasteiger partial charge in [-0.3, -0.25) is 0 Å². The zero-order valence-corrected chi connectivity index (χ0v) is 9.80. The zero-order chi connectivity index (χ0) is 10.7. The minimum atomic E-state index is 0.200. The molecule has 0 bridgehead atoms. The minimum Gasteiger partial charge on any atom is -0.377 e. The fourth-order valence-electron chi connectivity index (χ4n) is 3.01. The number of nitrogens with two attached hydrogens (primary N) is 1. The average Bonchev–Trinajstić information content (AvgIpc) is 2.85. The Balaban J connectivity index is 1.84. The molecule has 1 aliphatic heterocycles. The van der Waals surface area contributed by atoms with Gasteiger partial charge in [-0.1, -0.05) is 13.3 Å². The van der Waals surface area contributed by atoms with Crippen LogP contribution in [0.25, 0.3) is 0 Å². The van der Waals surface area contributed by atoms with Crippen LogP contribution in [0.2, 0.25) is 0 Å². The molecule has 0 radical (unpaired) electrons. The maximum absolute atomic E-state index is 5.94. The van der Waals surface area contributed by atoms with E-state index in [1.54, 1.807) is 0 Å². The number of rotatable bonds is 4. The molecule has 1 aliphatic carbocycles. The first-order chi connectivity index (χ1) is 7.27. The van der Waals surface area contributed by atoms with E-state index in [1.165, 1.54) is 32.1 Å². The van der Waals surface area contributed by atoms with E-state index in [2.05, 4.69) is 12.2 Å². The highest BCUT2D eigenvalue weighted by Gasteiger charge is 2.39. The van der Waals surface area contributed by atoms with Crippen LogP contribution in [-0.2, 0) is 4.74 Å². The van der Waals surface area contributed by atoms with Crippen molar-refractivity contribution in [3.8, 4) is 0 Å². The third-order valence-electron chi connectivity index (χ3n) is 4.27. The van der Waals surface area contributed by atoms with E-state index in [4.69, 9.17) is 10.5 Å². The standard InChI is InChI=1S/C12H24N2O/c1-10-4-2-6-12(10,9-13)14-8-11-5-3-7-15-11/h10-11,14H,2-9,13H2,1H3. The third kappa shape index (κ3) is 2.35. The molecule has 1 heterocycles. The van der Waals surface area contributed by atoms with Crippen molar-refractivity contribution in [1.82, 2.24) is 5.32 Å². The Labute approximate surface area is 92.7 Å². The first kappa shape index (κ1) is 11.4. The summed E-state index contributed by atoms with van der Waals surface area (Å²) >= 11 is 0. The molecule has 1 saturated heterocycles. The van der Waals surface area contributed by atoms with Crippen LogP contribution in [0.3, 0.4) is 0 Å². The van der Waals surface area contributed by atoms with Gasteiger partial charge in [0.15, 0.2) is 0 Å². The van der Waals surface area contributed by atoms with Crippen molar-refractivity contribution < 1.29 is 4.74 Å². The fraction of sp³-hybridized carbons (Fsp3) is 1.00. The van der Waals surface area contributed by atoms with E-state index < -0.39 is 0 Å². The van der Waals surface area contributed by atoms with E-state index in [-0.39, 0.29) is 5.54 Å². The molecular formula is C12H24N2O. The summed E-state index contributed by atoms with van der Waals surface area (Å²) in [5, 5.41) is 3.69. The van der Waals surface area contributed by atoms with E-state index in [9.17, 15) is 0 Å². The first-order valence-electron chi connectivity index (χ1n) is 6.33. The van der Waals surface area contributed by atoms with Gasteiger partial charge in [-0.15, -0.1) is 0 Å². The molecule has 0 aromatic heterocycles. The number of hydrogen-bond acceptors (Lipinski definition) is 3. The van der Waals surface area contributed by atoms with Gasteiger partial charge in [0.1, 0.15) is 0 Å². The Bertz CT molecular complexity index is 204. The monoisotopic (exact) mass is 212 g/mol. The highest BCUT2D eigenvalue weighted by Crippen LogP contribution is 2.34. The number of hydrogen-bond donors (Lipinski definition) is 2. The van der Waals surface area contributed by atoms with Crippen LogP contribution in [0.1, 0.15) is 39.0 Å². The minimum absolute atomic E-state index is 0.200. The maximum Gasteiger partial charge on any atom is 0.0700 e. The average molecular weight is 212 g/mol. The van der Waals surface area contributed by atoms with Gasteiger partial charge in [0.25, 0.3) is 0 Å². The smallest absolute Gasteiger partial charge is 0.0700 e. The summed E-state index contributed by atoms with van der Waals surface area (Å²) in [7, 11) is 0. The van der Waals surface area contributed by atoms with E-state index >= 15 is 0 Å². The van der Waals surface area contributed by atoms with Crippen molar-refractivity contribution in [3.63, 3.8) is 0 Å². The molecule has 15 heavy (non-hydrogen) atoms. The molecule has 88 valence electrons. The van der Waals surface area contributed by atoms with Crippen LogP contribution >= 0.6 is 0 Å². The molecule has 0 spiro atoms. The first-order valence-corrected chi connectivity index (χ1v) is 6.33. The zero-order valence-electron chi connectivity index (χ0n) is 9.80. The van der Waals surface area contributed by atoms with E-state index in [1.807, 2.05) is 0 Å². The molecule has 3 N–H and O–H groups in total. The van der Waals surface area contributed by atoms with Crippen LogP contribution in [0, 0.1) is 5.92 Å². The fourth-order valence-corrected chi connectivity index (χ4v) is 3.01. The lowest BCUT2D eigenvalue weighted by Crippen LogP contribution is -2.55. The lowest BCUT2D eigenvalue weighted by atomic mass is 9.88. The molecule has 3 atom stereocenters. The molecule has 2 rings (SSSR count). The molecule has 2 fully saturated rings. The summed E-state index contributed by atoms with van der Waals surface area (Å²) in [6, 6.07) is 0. The summed E-state index contributed by atoms with van der Waals surface area (Å²) in [6.45, 7) is 5.02. The summed E-state index contributed by atoms with van der Waals surface area (Å²) < 4.78 is 5.63. The van der Waals surface area contributed by atoms with Crippen molar-refractivity contribution in [1.29, 1.82) is 0 Å². The molecule has 3 nitrogen and oxygen atoms in total. The molecule has 0 amide bonds. The Hall–Kier alpha value is -0.120. The topological polar surface area (TPSA) is 47.3 Å². The predicted molar refractivity (Wildman–Crippen MR) is 61.8 cm³/mol. The largest absolute Gasteiger partial charge is 0.377 e. The quantitative estimate of drug-likeness (QED) is 0.738. The molecule has 0 aromatic carbocycles. The van der Waals surface area contributed by atoms with Crippen molar-refractivity contribution in [3.05, 3.63) is 0 Å².